The van der Waals surface area contributed by atoms with Gasteiger partial charge in [-0.1, -0.05) is 0 Å². The van der Waals surface area contributed by atoms with Crippen molar-refractivity contribution in [3.8, 4) is 0 Å². The summed E-state index contributed by atoms with van der Waals surface area (Å²) in [6.07, 6.45) is 2.69. The van der Waals surface area contributed by atoms with Crippen molar-refractivity contribution in [3.63, 3.8) is 0 Å². The molecule has 1 aliphatic heterocycles. The fraction of sp³-hybridized carbons (Fsp3) is 1.00. The first-order chi connectivity index (χ1) is 8.93. The topological polar surface area (TPSA) is 15.3 Å². The van der Waals surface area contributed by atoms with Crippen molar-refractivity contribution in [2.75, 3.05) is 19.6 Å². The van der Waals surface area contributed by atoms with Crippen molar-refractivity contribution in [2.45, 2.75) is 57.5 Å². The Labute approximate surface area is 114 Å². The molecule has 3 aliphatic rings. The maximum absolute atomic E-state index is 12.8. The van der Waals surface area contributed by atoms with E-state index in [2.05, 4.69) is 24.1 Å². The zero-order valence-electron chi connectivity index (χ0n) is 12.0. The zero-order valence-corrected chi connectivity index (χ0v) is 12.0. The van der Waals surface area contributed by atoms with Crippen molar-refractivity contribution < 1.29 is 8.78 Å². The van der Waals surface area contributed by atoms with Crippen LogP contribution in [-0.4, -0.2) is 42.5 Å². The molecule has 0 aromatic rings. The molecule has 2 saturated carbocycles. The molecule has 2 unspecified atom stereocenters. The van der Waals surface area contributed by atoms with Crippen LogP contribution < -0.4 is 5.32 Å². The van der Waals surface area contributed by atoms with Crippen LogP contribution >= 0.6 is 0 Å². The van der Waals surface area contributed by atoms with Gasteiger partial charge in [-0.2, -0.15) is 0 Å². The summed E-state index contributed by atoms with van der Waals surface area (Å²) in [5.74, 6) is -0.482. The molecule has 0 aromatic heterocycles. The summed E-state index contributed by atoms with van der Waals surface area (Å²) in [5, 5.41) is 3.54. The van der Waals surface area contributed by atoms with Gasteiger partial charge < -0.3 is 10.2 Å². The summed E-state index contributed by atoms with van der Waals surface area (Å²) in [7, 11) is 0. The zero-order chi connectivity index (χ0) is 13.6. The molecule has 0 spiro atoms. The minimum Gasteiger partial charge on any atom is -0.314 e. The van der Waals surface area contributed by atoms with Gasteiger partial charge in [0.2, 0.25) is 5.92 Å². The van der Waals surface area contributed by atoms with E-state index in [4.69, 9.17) is 0 Å². The third kappa shape index (κ3) is 2.94. The maximum Gasteiger partial charge on any atom is 0.248 e. The predicted molar refractivity (Wildman–Crippen MR) is 72.4 cm³/mol. The number of hydrogen-bond donors (Lipinski definition) is 1. The minimum atomic E-state index is -2.36. The third-order valence-electron chi connectivity index (χ3n) is 5.38. The van der Waals surface area contributed by atoms with E-state index in [9.17, 15) is 8.78 Å². The van der Waals surface area contributed by atoms with Crippen LogP contribution in [0.4, 0.5) is 8.78 Å². The molecule has 0 amide bonds. The van der Waals surface area contributed by atoms with E-state index in [1.54, 1.807) is 0 Å². The lowest BCUT2D eigenvalue weighted by Gasteiger charge is -2.35. The van der Waals surface area contributed by atoms with Crippen LogP contribution in [0.1, 0.15) is 39.5 Å². The van der Waals surface area contributed by atoms with E-state index < -0.39 is 5.92 Å². The second kappa shape index (κ2) is 4.96. The van der Waals surface area contributed by atoms with E-state index in [0.29, 0.717) is 12.1 Å². The first kappa shape index (κ1) is 13.7. The van der Waals surface area contributed by atoms with Crippen LogP contribution in [-0.2, 0) is 0 Å². The van der Waals surface area contributed by atoms with Crippen LogP contribution in [0.25, 0.3) is 0 Å². The van der Waals surface area contributed by atoms with Gasteiger partial charge in [-0.25, -0.2) is 8.78 Å². The van der Waals surface area contributed by atoms with E-state index in [1.807, 2.05) is 0 Å². The number of hydrogen-bond acceptors (Lipinski definition) is 2. The molecule has 0 bridgehead atoms. The molecular weight excluding hydrogens is 246 g/mol. The predicted octanol–water partition coefficient (Wildman–Crippen LogP) is 2.74. The normalized spacial score (nSPS) is 38.7. The average molecular weight is 272 g/mol. The Hall–Kier alpha value is -0.220. The highest BCUT2D eigenvalue weighted by molar-refractivity contribution is 4.96. The molecule has 1 heterocycles. The van der Waals surface area contributed by atoms with Crippen molar-refractivity contribution >= 4 is 0 Å². The van der Waals surface area contributed by atoms with Crippen molar-refractivity contribution in [1.82, 2.24) is 10.2 Å². The molecule has 2 nitrogen and oxygen atoms in total. The first-order valence-electron chi connectivity index (χ1n) is 7.78. The highest BCUT2D eigenvalue weighted by atomic mass is 19.3. The quantitative estimate of drug-likeness (QED) is 0.846. The van der Waals surface area contributed by atoms with Gasteiger partial charge in [0.1, 0.15) is 0 Å². The van der Waals surface area contributed by atoms with Crippen molar-refractivity contribution in [3.05, 3.63) is 0 Å². The Morgan fingerprint density at radius 3 is 2.21 bits per heavy atom. The van der Waals surface area contributed by atoms with Gasteiger partial charge in [0.25, 0.3) is 0 Å². The molecule has 3 rings (SSSR count). The molecule has 2 atom stereocenters. The first-order valence-corrected chi connectivity index (χ1v) is 7.78. The highest BCUT2D eigenvalue weighted by Gasteiger charge is 2.46. The van der Waals surface area contributed by atoms with Gasteiger partial charge >= 0.3 is 0 Å². The van der Waals surface area contributed by atoms with Gasteiger partial charge in [0.15, 0.2) is 0 Å². The van der Waals surface area contributed by atoms with Crippen LogP contribution in [0, 0.1) is 17.8 Å². The highest BCUT2D eigenvalue weighted by Crippen LogP contribution is 2.43. The standard InChI is InChI=1S/C15H26F2N2/c1-10(2)19-8-12-3-14(4-13(12)9-19)18-7-11-5-15(16,17)6-11/h10-14,18H,3-9H2,1-2H3. The number of halogens is 2. The van der Waals surface area contributed by atoms with E-state index in [-0.39, 0.29) is 18.8 Å². The fourth-order valence-corrected chi connectivity index (χ4v) is 4.19. The van der Waals surface area contributed by atoms with Crippen LogP contribution in [0.5, 0.6) is 0 Å². The van der Waals surface area contributed by atoms with Gasteiger partial charge in [-0.3, -0.25) is 0 Å². The van der Waals surface area contributed by atoms with E-state index in [0.717, 1.165) is 18.4 Å². The number of alkyl halides is 2. The van der Waals surface area contributed by atoms with Gasteiger partial charge in [0, 0.05) is 38.0 Å². The lowest BCUT2D eigenvalue weighted by atomic mass is 9.81. The molecule has 19 heavy (non-hydrogen) atoms. The summed E-state index contributed by atoms with van der Waals surface area (Å²) >= 11 is 0. The number of nitrogens with zero attached hydrogens (tertiary/aromatic N) is 1. The van der Waals surface area contributed by atoms with Crippen LogP contribution in [0.15, 0.2) is 0 Å². The second-order valence-electron chi connectivity index (χ2n) is 7.27. The second-order valence-corrected chi connectivity index (χ2v) is 7.27. The molecule has 0 radical (unpaired) electrons. The average Bonchev–Trinajstić information content (AvgIpc) is 2.80. The minimum absolute atomic E-state index is 0.0979. The number of fused-ring (bicyclic) bond motifs is 1. The van der Waals surface area contributed by atoms with Crippen LogP contribution in [0.2, 0.25) is 0 Å². The van der Waals surface area contributed by atoms with Gasteiger partial charge in [0.05, 0.1) is 0 Å². The molecule has 2 aliphatic carbocycles. The molecule has 1 N–H and O–H groups in total. The lowest BCUT2D eigenvalue weighted by Crippen LogP contribution is -2.43. The molecule has 0 aromatic carbocycles. The van der Waals surface area contributed by atoms with Gasteiger partial charge in [-0.05, 0) is 51.0 Å². The summed E-state index contributed by atoms with van der Waals surface area (Å²) in [6.45, 7) is 7.82. The number of likely N-dealkylation sites (tertiary alicyclic amines) is 1. The summed E-state index contributed by atoms with van der Waals surface area (Å²) in [4.78, 5) is 2.58. The Balaban J connectivity index is 1.38. The Bertz CT molecular complexity index is 310. The van der Waals surface area contributed by atoms with Crippen molar-refractivity contribution in [1.29, 1.82) is 0 Å². The Kier molecular flexibility index (Phi) is 3.59. The molecule has 110 valence electrons. The van der Waals surface area contributed by atoms with E-state index >= 15 is 0 Å². The van der Waals surface area contributed by atoms with Crippen LogP contribution in [0.3, 0.4) is 0 Å². The molecule has 4 heteroatoms. The van der Waals surface area contributed by atoms with Crippen molar-refractivity contribution in [2.24, 2.45) is 17.8 Å². The monoisotopic (exact) mass is 272 g/mol. The Morgan fingerprint density at radius 2 is 1.74 bits per heavy atom. The summed E-state index contributed by atoms with van der Waals surface area (Å²) in [6, 6.07) is 1.24. The molecular formula is C15H26F2N2. The number of nitrogens with one attached hydrogen (secondary N) is 1. The molecule has 1 saturated heterocycles. The SMILES string of the molecule is CC(C)N1CC2CC(NCC3CC(F)(F)C3)CC2C1. The van der Waals surface area contributed by atoms with Gasteiger partial charge in [-0.15, -0.1) is 0 Å². The third-order valence-corrected chi connectivity index (χ3v) is 5.38. The smallest absolute Gasteiger partial charge is 0.248 e. The Morgan fingerprint density at radius 1 is 1.16 bits per heavy atom. The fourth-order valence-electron chi connectivity index (χ4n) is 4.19. The number of rotatable bonds is 4. The van der Waals surface area contributed by atoms with E-state index in [1.165, 1.54) is 25.9 Å². The largest absolute Gasteiger partial charge is 0.314 e. The lowest BCUT2D eigenvalue weighted by molar-refractivity contribution is -0.109. The maximum atomic E-state index is 12.8. The summed E-state index contributed by atoms with van der Waals surface area (Å²) in [5.41, 5.74) is 0. The molecule has 3 fully saturated rings. The summed E-state index contributed by atoms with van der Waals surface area (Å²) < 4.78 is 25.5.